The predicted octanol–water partition coefficient (Wildman–Crippen LogP) is 1.35. The summed E-state index contributed by atoms with van der Waals surface area (Å²) < 4.78 is 0. The van der Waals surface area contributed by atoms with Crippen LogP contribution in [0.25, 0.3) is 0 Å². The number of hydrogen-bond donors (Lipinski definition) is 3. The summed E-state index contributed by atoms with van der Waals surface area (Å²) in [5, 5.41) is 6.07. The zero-order chi connectivity index (χ0) is 14.5. The smallest absolute Gasteiger partial charge is 0.241 e. The molecule has 0 saturated carbocycles. The zero-order valence-corrected chi connectivity index (χ0v) is 12.0. The summed E-state index contributed by atoms with van der Waals surface area (Å²) in [4.78, 5) is 16.3. The maximum absolute atomic E-state index is 12.0. The minimum absolute atomic E-state index is 0.136. The Labute approximate surface area is 119 Å². The number of hydrogen-bond acceptors (Lipinski definition) is 4. The van der Waals surface area contributed by atoms with Gasteiger partial charge in [0.05, 0.1) is 12.6 Å². The van der Waals surface area contributed by atoms with Crippen LogP contribution < -0.4 is 16.4 Å². The summed E-state index contributed by atoms with van der Waals surface area (Å²) in [7, 11) is 0. The molecule has 0 aromatic heterocycles. The summed E-state index contributed by atoms with van der Waals surface area (Å²) in [6.07, 6.45) is 0.888. The Hall–Kier alpha value is -1.88. The summed E-state index contributed by atoms with van der Waals surface area (Å²) in [5.41, 5.74) is 7.70. The molecule has 20 heavy (non-hydrogen) atoms. The van der Waals surface area contributed by atoms with Crippen LogP contribution in [0.4, 0.5) is 5.69 Å². The first-order chi connectivity index (χ1) is 9.61. The molecular formula is C15H22N4O. The second-order valence-electron chi connectivity index (χ2n) is 5.14. The molecule has 1 aliphatic rings. The third-order valence-corrected chi connectivity index (χ3v) is 3.66. The number of benzene rings is 1. The summed E-state index contributed by atoms with van der Waals surface area (Å²) in [6, 6.07) is 7.17. The predicted molar refractivity (Wildman–Crippen MR) is 81.9 cm³/mol. The Bertz CT molecular complexity index is 495. The average Bonchev–Trinajstić information content (AvgIpc) is 3.00. The van der Waals surface area contributed by atoms with Gasteiger partial charge >= 0.3 is 0 Å². The number of nitrogens with zero attached hydrogens (tertiary/aromatic N) is 1. The fourth-order valence-electron chi connectivity index (χ4n) is 2.04. The molecule has 1 aromatic carbocycles. The van der Waals surface area contributed by atoms with Gasteiger partial charge in [-0.05, 0) is 30.2 Å². The van der Waals surface area contributed by atoms with E-state index in [0.717, 1.165) is 36.6 Å². The normalized spacial score (nSPS) is 17.1. The van der Waals surface area contributed by atoms with Crippen molar-refractivity contribution in [1.29, 1.82) is 0 Å². The van der Waals surface area contributed by atoms with Gasteiger partial charge in [0.25, 0.3) is 0 Å². The van der Waals surface area contributed by atoms with Crippen LogP contribution in [0, 0.1) is 5.92 Å². The molecule has 0 spiro atoms. The third-order valence-electron chi connectivity index (χ3n) is 3.66. The molecule has 1 amide bonds. The number of nitrogens with one attached hydrogen (secondary N) is 2. The highest BCUT2D eigenvalue weighted by Gasteiger charge is 2.19. The molecule has 0 saturated heterocycles. The van der Waals surface area contributed by atoms with Crippen LogP contribution in [0.15, 0.2) is 29.3 Å². The van der Waals surface area contributed by atoms with Crippen molar-refractivity contribution in [3.05, 3.63) is 29.8 Å². The van der Waals surface area contributed by atoms with Gasteiger partial charge in [0, 0.05) is 17.8 Å². The molecule has 0 fully saturated rings. The van der Waals surface area contributed by atoms with Crippen LogP contribution in [-0.4, -0.2) is 30.9 Å². The summed E-state index contributed by atoms with van der Waals surface area (Å²) in [5.74, 6) is 0.953. The van der Waals surface area contributed by atoms with Gasteiger partial charge in [-0.25, -0.2) is 0 Å². The molecular weight excluding hydrogens is 252 g/mol. The van der Waals surface area contributed by atoms with E-state index in [2.05, 4.69) is 15.6 Å². The van der Waals surface area contributed by atoms with Crippen LogP contribution in [0.1, 0.15) is 25.8 Å². The minimum Gasteiger partial charge on any atom is -0.368 e. The Morgan fingerprint density at radius 1 is 1.45 bits per heavy atom. The molecule has 2 rings (SSSR count). The molecule has 0 bridgehead atoms. The number of nitrogens with two attached hydrogens (primary N) is 1. The van der Waals surface area contributed by atoms with Gasteiger partial charge in [-0.1, -0.05) is 20.3 Å². The van der Waals surface area contributed by atoms with Gasteiger partial charge < -0.3 is 16.4 Å². The lowest BCUT2D eigenvalue weighted by atomic mass is 9.99. The molecule has 2 atom stereocenters. The molecule has 0 aliphatic carbocycles. The van der Waals surface area contributed by atoms with E-state index in [0.29, 0.717) is 0 Å². The second kappa shape index (κ2) is 6.52. The molecule has 5 nitrogen and oxygen atoms in total. The molecule has 4 N–H and O–H groups in total. The average molecular weight is 274 g/mol. The van der Waals surface area contributed by atoms with Gasteiger partial charge in [-0.2, -0.15) is 0 Å². The fourth-order valence-corrected chi connectivity index (χ4v) is 2.04. The van der Waals surface area contributed by atoms with E-state index in [9.17, 15) is 4.79 Å². The van der Waals surface area contributed by atoms with Gasteiger partial charge in [0.1, 0.15) is 5.84 Å². The standard InChI is InChI=1S/C15H22N4O/c1-3-10(2)13(16)15(20)19-12-6-4-11(5-7-12)14-17-8-9-18-14/h4-7,10,13H,3,8-9,16H2,1-2H3,(H,17,18)(H,19,20)/t10?,13-/m0/s1. The first-order valence-corrected chi connectivity index (χ1v) is 7.07. The highest BCUT2D eigenvalue weighted by Crippen LogP contribution is 2.13. The van der Waals surface area contributed by atoms with Crippen LogP contribution >= 0.6 is 0 Å². The lowest BCUT2D eigenvalue weighted by Gasteiger charge is -2.17. The highest BCUT2D eigenvalue weighted by molar-refractivity contribution is 6.00. The Kier molecular flexibility index (Phi) is 4.74. The van der Waals surface area contributed by atoms with E-state index in [1.54, 1.807) is 0 Å². The number of anilines is 1. The Balaban J connectivity index is 1.98. The molecule has 1 aromatic rings. The molecule has 1 heterocycles. The fraction of sp³-hybridized carbons (Fsp3) is 0.467. The quantitative estimate of drug-likeness (QED) is 0.758. The Morgan fingerprint density at radius 2 is 2.15 bits per heavy atom. The topological polar surface area (TPSA) is 79.5 Å². The summed E-state index contributed by atoms with van der Waals surface area (Å²) in [6.45, 7) is 5.72. The number of carbonyl (C=O) groups is 1. The van der Waals surface area contributed by atoms with Crippen molar-refractivity contribution in [2.45, 2.75) is 26.3 Å². The number of amidine groups is 1. The van der Waals surface area contributed by atoms with E-state index in [-0.39, 0.29) is 11.8 Å². The van der Waals surface area contributed by atoms with Crippen molar-refractivity contribution < 1.29 is 4.79 Å². The number of amides is 1. The lowest BCUT2D eigenvalue weighted by Crippen LogP contribution is -2.40. The van der Waals surface area contributed by atoms with Gasteiger partial charge in [0.15, 0.2) is 0 Å². The summed E-state index contributed by atoms with van der Waals surface area (Å²) >= 11 is 0. The number of carbonyl (C=O) groups excluding carboxylic acids is 1. The van der Waals surface area contributed by atoms with Crippen molar-refractivity contribution in [3.63, 3.8) is 0 Å². The number of aliphatic imine (C=N–C) groups is 1. The van der Waals surface area contributed by atoms with Crippen molar-refractivity contribution in [1.82, 2.24) is 5.32 Å². The van der Waals surface area contributed by atoms with Crippen molar-refractivity contribution >= 4 is 17.4 Å². The van der Waals surface area contributed by atoms with E-state index in [4.69, 9.17) is 5.73 Å². The lowest BCUT2D eigenvalue weighted by molar-refractivity contribution is -0.118. The molecule has 5 heteroatoms. The highest BCUT2D eigenvalue weighted by atomic mass is 16.2. The largest absolute Gasteiger partial charge is 0.368 e. The first-order valence-electron chi connectivity index (χ1n) is 7.07. The SMILES string of the molecule is CCC(C)[C@H](N)C(=O)Nc1ccc(C2=NCCN2)cc1. The van der Waals surface area contributed by atoms with Gasteiger partial charge in [-0.15, -0.1) is 0 Å². The van der Waals surface area contributed by atoms with Gasteiger partial charge in [-0.3, -0.25) is 9.79 Å². The zero-order valence-electron chi connectivity index (χ0n) is 12.0. The van der Waals surface area contributed by atoms with E-state index < -0.39 is 6.04 Å². The molecule has 1 aliphatic heterocycles. The number of rotatable bonds is 5. The van der Waals surface area contributed by atoms with E-state index in [1.807, 2.05) is 38.1 Å². The molecule has 0 radical (unpaired) electrons. The van der Waals surface area contributed by atoms with Crippen LogP contribution in [-0.2, 0) is 4.79 Å². The van der Waals surface area contributed by atoms with Gasteiger partial charge in [0.2, 0.25) is 5.91 Å². The second-order valence-corrected chi connectivity index (χ2v) is 5.14. The van der Waals surface area contributed by atoms with Crippen LogP contribution in [0.2, 0.25) is 0 Å². The van der Waals surface area contributed by atoms with Crippen LogP contribution in [0.3, 0.4) is 0 Å². The van der Waals surface area contributed by atoms with E-state index >= 15 is 0 Å². The molecule has 1 unspecified atom stereocenters. The van der Waals surface area contributed by atoms with Crippen molar-refractivity contribution in [3.8, 4) is 0 Å². The monoisotopic (exact) mass is 274 g/mol. The maximum atomic E-state index is 12.0. The van der Waals surface area contributed by atoms with E-state index in [1.165, 1.54) is 0 Å². The molecule has 108 valence electrons. The minimum atomic E-state index is -0.472. The third kappa shape index (κ3) is 3.36. The van der Waals surface area contributed by atoms with Crippen LogP contribution in [0.5, 0.6) is 0 Å². The maximum Gasteiger partial charge on any atom is 0.241 e. The van der Waals surface area contributed by atoms with Crippen molar-refractivity contribution in [2.75, 3.05) is 18.4 Å². The van der Waals surface area contributed by atoms with Crippen molar-refractivity contribution in [2.24, 2.45) is 16.6 Å². The first kappa shape index (κ1) is 14.5. The Morgan fingerprint density at radius 3 is 2.70 bits per heavy atom.